The minimum Gasteiger partial charge on any atom is -0.457 e. The summed E-state index contributed by atoms with van der Waals surface area (Å²) in [6.45, 7) is 1.14. The van der Waals surface area contributed by atoms with Crippen LogP contribution in [0.25, 0.3) is 17.4 Å². The lowest BCUT2D eigenvalue weighted by Crippen LogP contribution is -2.32. The van der Waals surface area contributed by atoms with Crippen LogP contribution in [0.3, 0.4) is 0 Å². The molecule has 1 atom stereocenters. The predicted octanol–water partition coefficient (Wildman–Crippen LogP) is 3.91. The zero-order valence-corrected chi connectivity index (χ0v) is 15.1. The first-order valence-corrected chi connectivity index (χ1v) is 8.82. The van der Waals surface area contributed by atoms with E-state index in [0.29, 0.717) is 18.1 Å². The van der Waals surface area contributed by atoms with Gasteiger partial charge in [0.2, 0.25) is 0 Å². The van der Waals surface area contributed by atoms with E-state index < -0.39 is 5.91 Å². The molecule has 128 valence electrons. The van der Waals surface area contributed by atoms with Gasteiger partial charge in [-0.1, -0.05) is 28.1 Å². The van der Waals surface area contributed by atoms with Crippen LogP contribution in [-0.2, 0) is 9.53 Å². The Labute approximate surface area is 154 Å². The molecule has 1 aliphatic heterocycles. The molecule has 6 heteroatoms. The quantitative estimate of drug-likeness (QED) is 0.609. The van der Waals surface area contributed by atoms with Crippen LogP contribution in [0, 0.1) is 11.3 Å². The smallest absolute Gasteiger partial charge is 0.262 e. The van der Waals surface area contributed by atoms with E-state index in [1.807, 2.05) is 36.4 Å². The molecule has 5 nitrogen and oxygen atoms in total. The SMILES string of the molecule is N#C/C(=C\c1ccc(-c2cccc(Br)c2)o1)C(=O)NC[C@@H]1CCCO1. The monoisotopic (exact) mass is 400 g/mol. The summed E-state index contributed by atoms with van der Waals surface area (Å²) in [6.07, 6.45) is 3.43. The number of rotatable bonds is 5. The van der Waals surface area contributed by atoms with Crippen LogP contribution >= 0.6 is 15.9 Å². The van der Waals surface area contributed by atoms with Crippen molar-refractivity contribution < 1.29 is 13.9 Å². The summed E-state index contributed by atoms with van der Waals surface area (Å²) in [5, 5.41) is 12.0. The van der Waals surface area contributed by atoms with E-state index in [2.05, 4.69) is 21.2 Å². The summed E-state index contributed by atoms with van der Waals surface area (Å²) < 4.78 is 12.1. The molecule has 1 N–H and O–H groups in total. The summed E-state index contributed by atoms with van der Waals surface area (Å²) in [6, 6.07) is 13.2. The Kier molecular flexibility index (Phi) is 5.69. The van der Waals surface area contributed by atoms with Crippen molar-refractivity contribution in [2.75, 3.05) is 13.2 Å². The summed E-state index contributed by atoms with van der Waals surface area (Å²) in [4.78, 5) is 12.2. The van der Waals surface area contributed by atoms with Gasteiger partial charge < -0.3 is 14.5 Å². The van der Waals surface area contributed by atoms with Crippen LogP contribution in [0.4, 0.5) is 0 Å². The normalized spacial score (nSPS) is 17.3. The summed E-state index contributed by atoms with van der Waals surface area (Å²) in [5.74, 6) is 0.710. The van der Waals surface area contributed by atoms with Gasteiger partial charge in [0.15, 0.2) is 0 Å². The maximum atomic E-state index is 12.2. The molecule has 1 aromatic heterocycles. The van der Waals surface area contributed by atoms with Crippen LogP contribution in [-0.4, -0.2) is 25.2 Å². The first kappa shape index (κ1) is 17.5. The second-order valence-corrected chi connectivity index (χ2v) is 6.64. The maximum Gasteiger partial charge on any atom is 0.262 e. The number of nitriles is 1. The Bertz CT molecular complexity index is 829. The number of benzene rings is 1. The summed E-state index contributed by atoms with van der Waals surface area (Å²) in [5.41, 5.74) is 0.920. The lowest BCUT2D eigenvalue weighted by atomic mass is 10.2. The minimum atomic E-state index is -0.418. The molecule has 0 spiro atoms. The lowest BCUT2D eigenvalue weighted by molar-refractivity contribution is -0.117. The van der Waals surface area contributed by atoms with Gasteiger partial charge in [0.1, 0.15) is 23.2 Å². The number of halogens is 1. The van der Waals surface area contributed by atoms with Gasteiger partial charge in [0, 0.05) is 29.3 Å². The third kappa shape index (κ3) is 4.59. The second kappa shape index (κ2) is 8.15. The van der Waals surface area contributed by atoms with Crippen LogP contribution in [0.2, 0.25) is 0 Å². The number of carbonyl (C=O) groups is 1. The molecular formula is C19H17BrN2O3. The average Bonchev–Trinajstić information content (AvgIpc) is 3.29. The highest BCUT2D eigenvalue weighted by Crippen LogP contribution is 2.25. The molecule has 0 bridgehead atoms. The van der Waals surface area contributed by atoms with Crippen LogP contribution < -0.4 is 5.32 Å². The number of ether oxygens (including phenoxy) is 1. The third-order valence-corrected chi connectivity index (χ3v) is 4.40. The van der Waals surface area contributed by atoms with E-state index in [4.69, 9.17) is 9.15 Å². The first-order valence-electron chi connectivity index (χ1n) is 8.03. The van der Waals surface area contributed by atoms with Gasteiger partial charge >= 0.3 is 0 Å². The average molecular weight is 401 g/mol. The summed E-state index contributed by atoms with van der Waals surface area (Å²) in [7, 11) is 0. The molecule has 0 saturated carbocycles. The highest BCUT2D eigenvalue weighted by molar-refractivity contribution is 9.10. The van der Waals surface area contributed by atoms with Crippen LogP contribution in [0.1, 0.15) is 18.6 Å². The van der Waals surface area contributed by atoms with Gasteiger partial charge in [0.05, 0.1) is 6.10 Å². The largest absolute Gasteiger partial charge is 0.457 e. The number of carbonyl (C=O) groups excluding carboxylic acids is 1. The van der Waals surface area contributed by atoms with E-state index in [9.17, 15) is 10.1 Å². The van der Waals surface area contributed by atoms with Crippen molar-refractivity contribution in [1.82, 2.24) is 5.32 Å². The zero-order chi connectivity index (χ0) is 17.6. The number of nitrogens with zero attached hydrogens (tertiary/aromatic N) is 1. The molecule has 1 aliphatic rings. The summed E-state index contributed by atoms with van der Waals surface area (Å²) >= 11 is 3.42. The maximum absolute atomic E-state index is 12.2. The fourth-order valence-corrected chi connectivity index (χ4v) is 3.02. The van der Waals surface area contributed by atoms with Gasteiger partial charge in [-0.25, -0.2) is 0 Å². The third-order valence-electron chi connectivity index (χ3n) is 3.90. The Morgan fingerprint density at radius 3 is 3.00 bits per heavy atom. The minimum absolute atomic E-state index is 0.00754. The molecule has 1 fully saturated rings. The number of hydrogen-bond acceptors (Lipinski definition) is 4. The van der Waals surface area contributed by atoms with Crippen molar-refractivity contribution in [3.8, 4) is 17.4 Å². The first-order chi connectivity index (χ1) is 12.2. The van der Waals surface area contributed by atoms with E-state index in [1.54, 1.807) is 6.07 Å². The number of amides is 1. The molecule has 3 rings (SSSR count). The van der Waals surface area contributed by atoms with Gasteiger partial charge in [-0.15, -0.1) is 0 Å². The fourth-order valence-electron chi connectivity index (χ4n) is 2.63. The van der Waals surface area contributed by atoms with Crippen molar-refractivity contribution in [3.05, 3.63) is 52.2 Å². The highest BCUT2D eigenvalue weighted by atomic mass is 79.9. The number of hydrogen-bond donors (Lipinski definition) is 1. The fraction of sp³-hybridized carbons (Fsp3) is 0.263. The van der Waals surface area contributed by atoms with Gasteiger partial charge in [-0.05, 0) is 37.1 Å². The lowest BCUT2D eigenvalue weighted by Gasteiger charge is -2.09. The molecule has 1 amide bonds. The Hall–Kier alpha value is -2.36. The van der Waals surface area contributed by atoms with E-state index in [0.717, 1.165) is 29.5 Å². The number of nitrogens with one attached hydrogen (secondary N) is 1. The molecule has 25 heavy (non-hydrogen) atoms. The van der Waals surface area contributed by atoms with Crippen molar-refractivity contribution in [3.63, 3.8) is 0 Å². The molecule has 1 saturated heterocycles. The molecule has 2 aromatic rings. The Morgan fingerprint density at radius 2 is 2.28 bits per heavy atom. The van der Waals surface area contributed by atoms with Crippen LogP contribution in [0.5, 0.6) is 0 Å². The number of furan rings is 1. The molecule has 1 aromatic carbocycles. The second-order valence-electron chi connectivity index (χ2n) is 5.73. The van der Waals surface area contributed by atoms with E-state index in [-0.39, 0.29) is 11.7 Å². The molecule has 2 heterocycles. The van der Waals surface area contributed by atoms with Gasteiger partial charge in [-0.3, -0.25) is 4.79 Å². The van der Waals surface area contributed by atoms with Gasteiger partial charge in [0.25, 0.3) is 5.91 Å². The molecule has 0 aliphatic carbocycles. The van der Waals surface area contributed by atoms with Crippen molar-refractivity contribution in [2.45, 2.75) is 18.9 Å². The van der Waals surface area contributed by atoms with Crippen molar-refractivity contribution >= 4 is 27.9 Å². The predicted molar refractivity (Wildman–Crippen MR) is 97.4 cm³/mol. The van der Waals surface area contributed by atoms with Crippen molar-refractivity contribution in [2.24, 2.45) is 0 Å². The Morgan fingerprint density at radius 1 is 1.40 bits per heavy atom. The Balaban J connectivity index is 1.69. The zero-order valence-electron chi connectivity index (χ0n) is 13.5. The van der Waals surface area contributed by atoms with Crippen molar-refractivity contribution in [1.29, 1.82) is 5.26 Å². The standard InChI is InChI=1S/C19H17BrN2O3/c20-15-4-1-3-13(9-15)18-7-6-16(25-18)10-14(11-21)19(23)22-12-17-5-2-8-24-17/h1,3-4,6-7,9-10,17H,2,5,8,12H2,(H,22,23)/b14-10+/t17-/m0/s1. The van der Waals surface area contributed by atoms with E-state index >= 15 is 0 Å². The van der Waals surface area contributed by atoms with Crippen LogP contribution in [0.15, 0.2) is 50.9 Å². The highest BCUT2D eigenvalue weighted by Gasteiger charge is 2.18. The van der Waals surface area contributed by atoms with E-state index in [1.165, 1.54) is 6.08 Å². The molecular weight excluding hydrogens is 384 g/mol. The van der Waals surface area contributed by atoms with Gasteiger partial charge in [-0.2, -0.15) is 5.26 Å². The topological polar surface area (TPSA) is 75.3 Å². The molecule has 0 unspecified atom stereocenters. The molecule has 0 radical (unpaired) electrons.